The maximum absolute atomic E-state index is 4.33. The van der Waals surface area contributed by atoms with Crippen molar-refractivity contribution in [2.45, 2.75) is 25.3 Å². The molecular formula is C11H17BrN4. The van der Waals surface area contributed by atoms with Gasteiger partial charge in [0.25, 0.3) is 0 Å². The second kappa shape index (κ2) is 5.59. The van der Waals surface area contributed by atoms with Crippen molar-refractivity contribution in [1.82, 2.24) is 15.3 Å². The highest BCUT2D eigenvalue weighted by Crippen LogP contribution is 2.25. The lowest BCUT2D eigenvalue weighted by Crippen LogP contribution is -2.33. The van der Waals surface area contributed by atoms with Crippen LogP contribution in [0.5, 0.6) is 0 Å². The summed E-state index contributed by atoms with van der Waals surface area (Å²) in [5, 5.41) is 3.43. The van der Waals surface area contributed by atoms with Crippen LogP contribution in [0.4, 0.5) is 5.82 Å². The molecule has 2 rings (SSSR count). The van der Waals surface area contributed by atoms with Crippen LogP contribution in [0.25, 0.3) is 0 Å². The Labute approximate surface area is 105 Å². The molecule has 1 saturated heterocycles. The molecule has 1 aliphatic heterocycles. The van der Waals surface area contributed by atoms with Gasteiger partial charge in [0, 0.05) is 19.3 Å². The summed E-state index contributed by atoms with van der Waals surface area (Å²) in [6.45, 7) is 2.23. The molecule has 4 nitrogen and oxygen atoms in total. The second-order valence-electron chi connectivity index (χ2n) is 4.14. The third-order valence-corrected chi connectivity index (χ3v) is 3.63. The Balaban J connectivity index is 2.11. The number of anilines is 1. The first-order valence-corrected chi connectivity index (χ1v) is 6.47. The van der Waals surface area contributed by atoms with Gasteiger partial charge in [-0.2, -0.15) is 0 Å². The number of rotatable bonds is 2. The van der Waals surface area contributed by atoms with Crippen molar-refractivity contribution in [3.63, 3.8) is 0 Å². The fourth-order valence-corrected chi connectivity index (χ4v) is 2.63. The maximum Gasteiger partial charge on any atom is 0.146 e. The van der Waals surface area contributed by atoms with Gasteiger partial charge in [0.1, 0.15) is 12.1 Å². The molecule has 1 unspecified atom stereocenters. The summed E-state index contributed by atoms with van der Waals surface area (Å²) in [6.07, 6.45) is 7.03. The zero-order valence-corrected chi connectivity index (χ0v) is 11.1. The summed E-state index contributed by atoms with van der Waals surface area (Å²) in [7, 11) is 2.11. The van der Waals surface area contributed by atoms with Gasteiger partial charge in [0.05, 0.1) is 4.47 Å². The van der Waals surface area contributed by atoms with Crippen molar-refractivity contribution in [2.75, 3.05) is 25.0 Å². The first kappa shape index (κ1) is 11.8. The monoisotopic (exact) mass is 284 g/mol. The quantitative estimate of drug-likeness (QED) is 0.900. The topological polar surface area (TPSA) is 41.1 Å². The summed E-state index contributed by atoms with van der Waals surface area (Å²) in [5.74, 6) is 0.988. The van der Waals surface area contributed by atoms with Crippen LogP contribution in [0, 0.1) is 0 Å². The zero-order valence-electron chi connectivity index (χ0n) is 9.49. The zero-order chi connectivity index (χ0) is 11.4. The lowest BCUT2D eigenvalue weighted by Gasteiger charge is -2.28. The number of hydrogen-bond donors (Lipinski definition) is 1. The van der Waals surface area contributed by atoms with Crippen molar-refractivity contribution < 1.29 is 0 Å². The molecule has 0 spiro atoms. The Bertz CT molecular complexity index is 337. The Morgan fingerprint density at radius 3 is 3.12 bits per heavy atom. The minimum absolute atomic E-state index is 0.571. The third kappa shape index (κ3) is 2.71. The van der Waals surface area contributed by atoms with Gasteiger partial charge in [0.2, 0.25) is 0 Å². The standard InChI is InChI=1S/C11H17BrN4/c1-16(9-3-2-5-13-6-4-9)11-10(12)7-14-8-15-11/h7-9,13H,2-6H2,1H3. The molecule has 0 bridgehead atoms. The van der Waals surface area contributed by atoms with E-state index in [0.717, 1.165) is 23.4 Å². The minimum Gasteiger partial charge on any atom is -0.356 e. The molecule has 0 saturated carbocycles. The smallest absolute Gasteiger partial charge is 0.146 e. The van der Waals surface area contributed by atoms with Gasteiger partial charge >= 0.3 is 0 Å². The molecule has 0 aromatic carbocycles. The highest BCUT2D eigenvalue weighted by Gasteiger charge is 2.19. The highest BCUT2D eigenvalue weighted by atomic mass is 79.9. The summed E-state index contributed by atoms with van der Waals surface area (Å²) < 4.78 is 0.967. The van der Waals surface area contributed by atoms with Gasteiger partial charge < -0.3 is 10.2 Å². The number of halogens is 1. The van der Waals surface area contributed by atoms with Gasteiger partial charge in [-0.05, 0) is 48.3 Å². The van der Waals surface area contributed by atoms with E-state index >= 15 is 0 Å². The van der Waals surface area contributed by atoms with Crippen LogP contribution < -0.4 is 10.2 Å². The first-order valence-electron chi connectivity index (χ1n) is 5.68. The summed E-state index contributed by atoms with van der Waals surface area (Å²) in [6, 6.07) is 0.571. The molecule has 16 heavy (non-hydrogen) atoms. The lowest BCUT2D eigenvalue weighted by molar-refractivity contribution is 0.561. The van der Waals surface area contributed by atoms with Crippen molar-refractivity contribution in [3.05, 3.63) is 17.0 Å². The van der Waals surface area contributed by atoms with E-state index in [9.17, 15) is 0 Å². The maximum atomic E-state index is 4.33. The molecule has 1 N–H and O–H groups in total. The van der Waals surface area contributed by atoms with Crippen molar-refractivity contribution in [2.24, 2.45) is 0 Å². The number of nitrogens with one attached hydrogen (secondary N) is 1. The van der Waals surface area contributed by atoms with Crippen molar-refractivity contribution in [1.29, 1.82) is 0 Å². The van der Waals surface area contributed by atoms with E-state index in [-0.39, 0.29) is 0 Å². The fraction of sp³-hybridized carbons (Fsp3) is 0.636. The Morgan fingerprint density at radius 2 is 2.31 bits per heavy atom. The van der Waals surface area contributed by atoms with Gasteiger partial charge in [-0.25, -0.2) is 9.97 Å². The first-order chi connectivity index (χ1) is 7.79. The number of aromatic nitrogens is 2. The van der Waals surface area contributed by atoms with Gasteiger partial charge in [-0.3, -0.25) is 0 Å². The van der Waals surface area contributed by atoms with E-state index in [2.05, 4.69) is 43.2 Å². The lowest BCUT2D eigenvalue weighted by atomic mass is 10.1. The molecule has 1 aliphatic rings. The van der Waals surface area contributed by atoms with Crippen LogP contribution >= 0.6 is 15.9 Å². The molecule has 0 radical (unpaired) electrons. The molecule has 5 heteroatoms. The van der Waals surface area contributed by atoms with Crippen LogP contribution in [-0.4, -0.2) is 36.1 Å². The second-order valence-corrected chi connectivity index (χ2v) is 4.99. The van der Waals surface area contributed by atoms with Crippen molar-refractivity contribution >= 4 is 21.7 Å². The molecule has 1 fully saturated rings. The van der Waals surface area contributed by atoms with E-state index in [1.807, 2.05) is 0 Å². The summed E-state index contributed by atoms with van der Waals surface area (Å²) in [5.41, 5.74) is 0. The van der Waals surface area contributed by atoms with E-state index in [0.29, 0.717) is 6.04 Å². The van der Waals surface area contributed by atoms with E-state index < -0.39 is 0 Å². The molecule has 0 amide bonds. The van der Waals surface area contributed by atoms with E-state index in [4.69, 9.17) is 0 Å². The fourth-order valence-electron chi connectivity index (χ4n) is 2.13. The normalized spacial score (nSPS) is 21.5. The van der Waals surface area contributed by atoms with Crippen LogP contribution in [-0.2, 0) is 0 Å². The highest BCUT2D eigenvalue weighted by molar-refractivity contribution is 9.10. The molecule has 1 atom stereocenters. The van der Waals surface area contributed by atoms with Crippen LogP contribution in [0.3, 0.4) is 0 Å². The minimum atomic E-state index is 0.571. The predicted molar refractivity (Wildman–Crippen MR) is 68.6 cm³/mol. The van der Waals surface area contributed by atoms with Gasteiger partial charge in [-0.15, -0.1) is 0 Å². The van der Waals surface area contributed by atoms with E-state index in [1.165, 1.54) is 19.3 Å². The molecule has 0 aliphatic carbocycles. The predicted octanol–water partition coefficient (Wildman–Crippen LogP) is 1.82. The van der Waals surface area contributed by atoms with Gasteiger partial charge in [0.15, 0.2) is 0 Å². The van der Waals surface area contributed by atoms with Gasteiger partial charge in [-0.1, -0.05) is 0 Å². The average molecular weight is 285 g/mol. The average Bonchev–Trinajstić information content (AvgIpc) is 2.57. The van der Waals surface area contributed by atoms with E-state index in [1.54, 1.807) is 12.5 Å². The van der Waals surface area contributed by atoms with Crippen LogP contribution in [0.2, 0.25) is 0 Å². The SMILES string of the molecule is CN(c1ncncc1Br)C1CCCNCC1. The summed E-state index contributed by atoms with van der Waals surface area (Å²) >= 11 is 3.50. The van der Waals surface area contributed by atoms with Crippen molar-refractivity contribution in [3.8, 4) is 0 Å². The molecule has 1 aromatic rings. The molecule has 1 aromatic heterocycles. The number of hydrogen-bond acceptors (Lipinski definition) is 4. The van der Waals surface area contributed by atoms with Crippen LogP contribution in [0.15, 0.2) is 17.0 Å². The number of nitrogens with zero attached hydrogens (tertiary/aromatic N) is 3. The Hall–Kier alpha value is -0.680. The summed E-state index contributed by atoms with van der Waals surface area (Å²) in [4.78, 5) is 10.6. The van der Waals surface area contributed by atoms with Crippen LogP contribution in [0.1, 0.15) is 19.3 Å². The molecular weight excluding hydrogens is 268 g/mol. The Morgan fingerprint density at radius 1 is 1.44 bits per heavy atom. The third-order valence-electron chi connectivity index (χ3n) is 3.08. The molecule has 2 heterocycles. The molecule has 88 valence electrons. The Kier molecular flexibility index (Phi) is 4.12. The largest absolute Gasteiger partial charge is 0.356 e.